The third-order valence-electron chi connectivity index (χ3n) is 3.34. The van der Waals surface area contributed by atoms with Crippen molar-refractivity contribution in [1.29, 1.82) is 5.26 Å². The van der Waals surface area contributed by atoms with Gasteiger partial charge in [0.1, 0.15) is 18.7 Å². The fourth-order valence-corrected chi connectivity index (χ4v) is 2.39. The maximum atomic E-state index is 12.7. The maximum Gasteiger partial charge on any atom is 0.416 e. The first-order valence-corrected chi connectivity index (χ1v) is 6.46. The second-order valence-electron chi connectivity index (χ2n) is 4.68. The van der Waals surface area contributed by atoms with Crippen LogP contribution in [0.4, 0.5) is 23.7 Å². The number of hydrogen-bond donors (Lipinski definition) is 1. The van der Waals surface area contributed by atoms with Crippen LogP contribution in [-0.4, -0.2) is 36.1 Å². The summed E-state index contributed by atoms with van der Waals surface area (Å²) in [6, 6.07) is 2.79. The molecule has 5 nitrogen and oxygen atoms in total. The van der Waals surface area contributed by atoms with Crippen molar-refractivity contribution in [1.82, 2.24) is 0 Å². The fourth-order valence-electron chi connectivity index (χ4n) is 2.19. The van der Waals surface area contributed by atoms with E-state index in [0.717, 1.165) is 0 Å². The van der Waals surface area contributed by atoms with Gasteiger partial charge in [0.05, 0.1) is 16.3 Å². The Hall–Kier alpha value is -1.98. The number of rotatable bonds is 2. The van der Waals surface area contributed by atoms with Gasteiger partial charge in [-0.2, -0.15) is 18.4 Å². The molecule has 1 amide bonds. The van der Waals surface area contributed by atoms with E-state index in [4.69, 9.17) is 16.9 Å². The molecular weight excluding hydrogens is 325 g/mol. The molecule has 0 saturated carbocycles. The van der Waals surface area contributed by atoms with Gasteiger partial charge in [0, 0.05) is 0 Å². The molecule has 1 aromatic carbocycles. The summed E-state index contributed by atoms with van der Waals surface area (Å²) in [6.07, 6.45) is -8.67. The summed E-state index contributed by atoms with van der Waals surface area (Å²) in [5.74, 6) is 0. The minimum absolute atomic E-state index is 0.0277. The molecule has 0 spiro atoms. The minimum Gasteiger partial charge on any atom is -0.447 e. The van der Waals surface area contributed by atoms with E-state index < -0.39 is 31.0 Å². The van der Waals surface area contributed by atoms with E-state index in [0.29, 0.717) is 4.90 Å². The number of nitriles is 1. The number of hydrogen-bond acceptors (Lipinski definition) is 4. The molecular formula is C13H10ClF3N2O3. The van der Waals surface area contributed by atoms with Crippen molar-refractivity contribution in [2.24, 2.45) is 0 Å². The zero-order valence-corrected chi connectivity index (χ0v) is 11.9. The van der Waals surface area contributed by atoms with Crippen LogP contribution in [0.5, 0.6) is 0 Å². The molecule has 1 N–H and O–H groups in total. The molecule has 1 saturated heterocycles. The molecule has 2 atom stereocenters. The zero-order chi connectivity index (χ0) is 16.7. The molecule has 9 heteroatoms. The van der Waals surface area contributed by atoms with Gasteiger partial charge in [0.2, 0.25) is 0 Å². The van der Waals surface area contributed by atoms with Crippen molar-refractivity contribution in [2.45, 2.75) is 25.2 Å². The van der Waals surface area contributed by atoms with E-state index in [1.54, 1.807) is 0 Å². The lowest BCUT2D eigenvalue weighted by Crippen LogP contribution is -2.49. The highest BCUT2D eigenvalue weighted by atomic mass is 35.5. The van der Waals surface area contributed by atoms with Gasteiger partial charge in [-0.15, -0.1) is 0 Å². The molecule has 0 aliphatic carbocycles. The lowest BCUT2D eigenvalue weighted by Gasteiger charge is -2.28. The number of benzene rings is 1. The Morgan fingerprint density at radius 3 is 2.73 bits per heavy atom. The Kier molecular flexibility index (Phi) is 4.22. The van der Waals surface area contributed by atoms with E-state index in [1.807, 2.05) is 6.07 Å². The predicted molar refractivity (Wildman–Crippen MR) is 70.6 cm³/mol. The van der Waals surface area contributed by atoms with Crippen molar-refractivity contribution < 1.29 is 27.8 Å². The van der Waals surface area contributed by atoms with Crippen molar-refractivity contribution in [3.8, 4) is 6.07 Å². The summed E-state index contributed by atoms with van der Waals surface area (Å²) in [6.45, 7) is 0.859. The van der Waals surface area contributed by atoms with Gasteiger partial charge >= 0.3 is 12.3 Å². The van der Waals surface area contributed by atoms with E-state index >= 15 is 0 Å². The summed E-state index contributed by atoms with van der Waals surface area (Å²) in [5, 5.41) is 18.3. The van der Waals surface area contributed by atoms with Crippen LogP contribution in [-0.2, 0) is 4.74 Å². The van der Waals surface area contributed by atoms with Gasteiger partial charge < -0.3 is 9.84 Å². The summed E-state index contributed by atoms with van der Waals surface area (Å²) in [5.41, 5.74) is 0.433. The molecule has 2 rings (SSSR count). The van der Waals surface area contributed by atoms with Gasteiger partial charge in [-0.05, 0) is 24.6 Å². The molecule has 1 fully saturated rings. The highest BCUT2D eigenvalue weighted by Crippen LogP contribution is 2.36. The largest absolute Gasteiger partial charge is 0.447 e. The van der Waals surface area contributed by atoms with E-state index in [-0.39, 0.29) is 21.8 Å². The number of cyclic esters (lactones) is 1. The Balaban J connectivity index is 2.48. The number of aliphatic hydroxyl groups is 1. The number of aliphatic hydroxyl groups excluding tert-OH is 1. The number of anilines is 1. The standard InChI is InChI=1S/C13H10ClF3N2O3/c1-6-8(3-2-7(4-18)10(6)14)19-9(5-22-12(19)21)11(20)13(15,16)17/h2-3,9,11,20H,5H2,1H3/t9-,11-/m1/s1. The Bertz CT molecular complexity index is 657. The molecule has 0 aromatic heterocycles. The summed E-state index contributed by atoms with van der Waals surface area (Å²) in [4.78, 5) is 12.5. The van der Waals surface area contributed by atoms with Gasteiger partial charge in [-0.25, -0.2) is 4.79 Å². The van der Waals surface area contributed by atoms with Crippen LogP contribution in [0.2, 0.25) is 5.02 Å². The van der Waals surface area contributed by atoms with E-state index in [2.05, 4.69) is 4.74 Å². The first kappa shape index (κ1) is 16.4. The molecule has 0 unspecified atom stereocenters. The first-order valence-electron chi connectivity index (χ1n) is 6.08. The minimum atomic E-state index is -4.90. The number of alkyl halides is 3. The second kappa shape index (κ2) is 5.66. The molecule has 0 bridgehead atoms. The van der Waals surface area contributed by atoms with Gasteiger partial charge in [0.25, 0.3) is 0 Å². The van der Waals surface area contributed by atoms with Gasteiger partial charge in [0.15, 0.2) is 6.10 Å². The third-order valence-corrected chi connectivity index (χ3v) is 3.83. The number of carbonyl (C=O) groups excluding carboxylic acids is 1. The smallest absolute Gasteiger partial charge is 0.416 e. The Labute approximate surface area is 128 Å². The molecule has 1 aromatic rings. The highest BCUT2D eigenvalue weighted by molar-refractivity contribution is 6.33. The van der Waals surface area contributed by atoms with Crippen LogP contribution in [0, 0.1) is 18.3 Å². The second-order valence-corrected chi connectivity index (χ2v) is 5.06. The number of halogens is 4. The number of ether oxygens (including phenoxy) is 1. The average molecular weight is 335 g/mol. The highest BCUT2D eigenvalue weighted by Gasteiger charge is 2.51. The summed E-state index contributed by atoms with van der Waals surface area (Å²) < 4.78 is 42.7. The van der Waals surface area contributed by atoms with Crippen LogP contribution in [0.15, 0.2) is 12.1 Å². The topological polar surface area (TPSA) is 73.6 Å². The van der Waals surface area contributed by atoms with Crippen molar-refractivity contribution in [2.75, 3.05) is 11.5 Å². The number of amides is 1. The van der Waals surface area contributed by atoms with Crippen LogP contribution >= 0.6 is 11.6 Å². The summed E-state index contributed by atoms with van der Waals surface area (Å²) >= 11 is 5.96. The van der Waals surface area contributed by atoms with E-state index in [1.165, 1.54) is 19.1 Å². The van der Waals surface area contributed by atoms with Crippen molar-refractivity contribution in [3.63, 3.8) is 0 Å². The number of carbonyl (C=O) groups is 1. The van der Waals surface area contributed by atoms with Crippen molar-refractivity contribution >= 4 is 23.4 Å². The predicted octanol–water partition coefficient (Wildman–Crippen LogP) is 2.77. The lowest BCUT2D eigenvalue weighted by atomic mass is 10.1. The molecule has 118 valence electrons. The molecule has 22 heavy (non-hydrogen) atoms. The first-order chi connectivity index (χ1) is 10.2. The molecule has 1 heterocycles. The van der Waals surface area contributed by atoms with Crippen molar-refractivity contribution in [3.05, 3.63) is 28.3 Å². The van der Waals surface area contributed by atoms with Crippen LogP contribution < -0.4 is 4.90 Å². The number of nitrogens with zero attached hydrogens (tertiary/aromatic N) is 2. The van der Waals surface area contributed by atoms with Crippen LogP contribution in [0.3, 0.4) is 0 Å². The average Bonchev–Trinajstić information content (AvgIpc) is 2.81. The fraction of sp³-hybridized carbons (Fsp3) is 0.385. The normalized spacial score (nSPS) is 19.8. The quantitative estimate of drug-likeness (QED) is 0.902. The maximum absolute atomic E-state index is 12.7. The third kappa shape index (κ3) is 2.69. The Morgan fingerprint density at radius 2 is 2.18 bits per heavy atom. The van der Waals surface area contributed by atoms with Gasteiger partial charge in [-0.1, -0.05) is 11.6 Å². The molecule has 1 aliphatic rings. The lowest BCUT2D eigenvalue weighted by molar-refractivity contribution is -0.209. The monoisotopic (exact) mass is 334 g/mol. The SMILES string of the molecule is Cc1c(N2C(=O)OC[C@@H]2[C@@H](O)C(F)(F)F)ccc(C#N)c1Cl. The van der Waals surface area contributed by atoms with Crippen LogP contribution in [0.25, 0.3) is 0 Å². The molecule has 1 aliphatic heterocycles. The zero-order valence-electron chi connectivity index (χ0n) is 11.2. The summed E-state index contributed by atoms with van der Waals surface area (Å²) in [7, 11) is 0. The van der Waals surface area contributed by atoms with Gasteiger partial charge in [-0.3, -0.25) is 4.90 Å². The van der Waals surface area contributed by atoms with E-state index in [9.17, 15) is 23.1 Å². The Morgan fingerprint density at radius 1 is 1.55 bits per heavy atom. The van der Waals surface area contributed by atoms with Crippen LogP contribution in [0.1, 0.15) is 11.1 Å². The molecule has 0 radical (unpaired) electrons.